The summed E-state index contributed by atoms with van der Waals surface area (Å²) >= 11 is 0. The Balaban J connectivity index is 3.07. The van der Waals surface area contributed by atoms with Crippen LogP contribution < -0.4 is 0 Å². The molecule has 17 heavy (non-hydrogen) atoms. The largest absolute Gasteiger partial charge is 0.0654 e. The zero-order valence-corrected chi connectivity index (χ0v) is 12.4. The van der Waals surface area contributed by atoms with Crippen molar-refractivity contribution in [2.75, 3.05) is 0 Å². The summed E-state index contributed by atoms with van der Waals surface area (Å²) in [5, 5.41) is 0. The molecule has 0 heteroatoms. The van der Waals surface area contributed by atoms with Gasteiger partial charge in [0, 0.05) is 0 Å². The number of rotatable bonds is 4. The topological polar surface area (TPSA) is 0 Å². The fourth-order valence-electron chi connectivity index (χ4n) is 2.67. The average Bonchev–Trinajstić information content (AvgIpc) is 2.15. The van der Waals surface area contributed by atoms with Gasteiger partial charge in [0.25, 0.3) is 0 Å². The standard InChI is InChI=1S/C17H28/c1-7-12-17(5,6)15-11-9-8-10-14(15)13-16(2,3)4/h8-11H,7,12-13H2,1-6H3. The van der Waals surface area contributed by atoms with Gasteiger partial charge in [-0.2, -0.15) is 0 Å². The zero-order valence-electron chi connectivity index (χ0n) is 12.4. The van der Waals surface area contributed by atoms with Crippen LogP contribution in [0.5, 0.6) is 0 Å². The molecule has 0 radical (unpaired) electrons. The van der Waals surface area contributed by atoms with Crippen LogP contribution in [0.4, 0.5) is 0 Å². The van der Waals surface area contributed by atoms with Gasteiger partial charge < -0.3 is 0 Å². The second-order valence-electron chi connectivity index (χ2n) is 7.03. The summed E-state index contributed by atoms with van der Waals surface area (Å²) in [5.41, 5.74) is 3.73. The molecule has 0 bridgehead atoms. The molecule has 0 spiro atoms. The maximum absolute atomic E-state index is 2.37. The fourth-order valence-corrected chi connectivity index (χ4v) is 2.67. The smallest absolute Gasteiger partial charge is 0.0101 e. The van der Waals surface area contributed by atoms with Crippen LogP contribution in [0.1, 0.15) is 65.5 Å². The van der Waals surface area contributed by atoms with Crippen molar-refractivity contribution in [3.8, 4) is 0 Å². The molecule has 0 aromatic heterocycles. The Labute approximate surface area is 107 Å². The lowest BCUT2D eigenvalue weighted by atomic mass is 9.75. The first-order valence-corrected chi connectivity index (χ1v) is 6.85. The van der Waals surface area contributed by atoms with Crippen LogP contribution in [0.15, 0.2) is 24.3 Å². The molecule has 1 aromatic rings. The van der Waals surface area contributed by atoms with Crippen molar-refractivity contribution in [1.29, 1.82) is 0 Å². The third kappa shape index (κ3) is 4.18. The van der Waals surface area contributed by atoms with Crippen LogP contribution in [-0.2, 0) is 11.8 Å². The van der Waals surface area contributed by atoms with E-state index in [9.17, 15) is 0 Å². The van der Waals surface area contributed by atoms with Gasteiger partial charge in [0.05, 0.1) is 0 Å². The van der Waals surface area contributed by atoms with Crippen molar-refractivity contribution in [3.63, 3.8) is 0 Å². The average molecular weight is 232 g/mol. The van der Waals surface area contributed by atoms with Crippen molar-refractivity contribution in [1.82, 2.24) is 0 Å². The minimum Gasteiger partial charge on any atom is -0.0654 e. The van der Waals surface area contributed by atoms with E-state index in [2.05, 4.69) is 65.8 Å². The Morgan fingerprint density at radius 3 is 2.06 bits per heavy atom. The van der Waals surface area contributed by atoms with E-state index in [0.29, 0.717) is 10.8 Å². The van der Waals surface area contributed by atoms with E-state index >= 15 is 0 Å². The summed E-state index contributed by atoms with van der Waals surface area (Å²) in [6.07, 6.45) is 3.67. The fraction of sp³-hybridized carbons (Fsp3) is 0.647. The second kappa shape index (κ2) is 5.25. The first kappa shape index (κ1) is 14.3. The molecule has 0 atom stereocenters. The Hall–Kier alpha value is -0.780. The third-order valence-electron chi connectivity index (χ3n) is 3.34. The highest BCUT2D eigenvalue weighted by Crippen LogP contribution is 2.33. The lowest BCUT2D eigenvalue weighted by molar-refractivity contribution is 0.400. The quantitative estimate of drug-likeness (QED) is 0.656. The van der Waals surface area contributed by atoms with E-state index in [1.165, 1.54) is 24.0 Å². The van der Waals surface area contributed by atoms with Gasteiger partial charge in [-0.25, -0.2) is 0 Å². The number of hydrogen-bond acceptors (Lipinski definition) is 0. The van der Waals surface area contributed by atoms with Gasteiger partial charge in [-0.15, -0.1) is 0 Å². The monoisotopic (exact) mass is 232 g/mol. The van der Waals surface area contributed by atoms with Gasteiger partial charge >= 0.3 is 0 Å². The maximum Gasteiger partial charge on any atom is -0.0101 e. The van der Waals surface area contributed by atoms with Crippen LogP contribution in [0.25, 0.3) is 0 Å². The molecule has 0 N–H and O–H groups in total. The number of hydrogen-bond donors (Lipinski definition) is 0. The summed E-state index contributed by atoms with van der Waals surface area (Å²) < 4.78 is 0. The molecule has 0 aliphatic heterocycles. The van der Waals surface area contributed by atoms with Crippen LogP contribution in [0.2, 0.25) is 0 Å². The summed E-state index contributed by atoms with van der Waals surface area (Å²) in [5.74, 6) is 0. The van der Waals surface area contributed by atoms with Gasteiger partial charge in [-0.1, -0.05) is 72.2 Å². The highest BCUT2D eigenvalue weighted by atomic mass is 14.3. The minimum absolute atomic E-state index is 0.302. The molecule has 1 rings (SSSR count). The lowest BCUT2D eigenvalue weighted by Crippen LogP contribution is -2.21. The van der Waals surface area contributed by atoms with Gasteiger partial charge in [0.1, 0.15) is 0 Å². The lowest BCUT2D eigenvalue weighted by Gasteiger charge is -2.30. The Bertz CT molecular complexity index is 353. The van der Waals surface area contributed by atoms with E-state index in [-0.39, 0.29) is 0 Å². The van der Waals surface area contributed by atoms with E-state index in [4.69, 9.17) is 0 Å². The van der Waals surface area contributed by atoms with Gasteiger partial charge in [-0.05, 0) is 34.8 Å². The first-order valence-electron chi connectivity index (χ1n) is 6.85. The molecule has 0 amide bonds. The van der Waals surface area contributed by atoms with Gasteiger partial charge in [-0.3, -0.25) is 0 Å². The van der Waals surface area contributed by atoms with Gasteiger partial charge in [0.15, 0.2) is 0 Å². The molecular formula is C17H28. The molecule has 0 nitrogen and oxygen atoms in total. The normalized spacial score (nSPS) is 12.8. The van der Waals surface area contributed by atoms with E-state index in [1.54, 1.807) is 0 Å². The highest BCUT2D eigenvalue weighted by molar-refractivity contribution is 5.34. The SMILES string of the molecule is CCCC(C)(C)c1ccccc1CC(C)(C)C. The first-order chi connectivity index (χ1) is 7.76. The summed E-state index contributed by atoms with van der Waals surface area (Å²) in [4.78, 5) is 0. The van der Waals surface area contributed by atoms with E-state index in [1.807, 2.05) is 0 Å². The summed E-state index contributed by atoms with van der Waals surface area (Å²) in [6.45, 7) is 14.0. The van der Waals surface area contributed by atoms with Crippen molar-refractivity contribution in [3.05, 3.63) is 35.4 Å². The molecule has 0 fully saturated rings. The number of benzene rings is 1. The van der Waals surface area contributed by atoms with E-state index in [0.717, 1.165) is 6.42 Å². The molecule has 0 saturated carbocycles. The molecule has 1 aromatic carbocycles. The summed E-state index contributed by atoms with van der Waals surface area (Å²) in [6, 6.07) is 8.97. The van der Waals surface area contributed by atoms with Crippen molar-refractivity contribution >= 4 is 0 Å². The van der Waals surface area contributed by atoms with Crippen LogP contribution in [0.3, 0.4) is 0 Å². The second-order valence-corrected chi connectivity index (χ2v) is 7.03. The highest BCUT2D eigenvalue weighted by Gasteiger charge is 2.24. The van der Waals surface area contributed by atoms with Crippen molar-refractivity contribution in [2.24, 2.45) is 5.41 Å². The van der Waals surface area contributed by atoms with Gasteiger partial charge in [0.2, 0.25) is 0 Å². The Kier molecular flexibility index (Phi) is 4.41. The van der Waals surface area contributed by atoms with Crippen LogP contribution >= 0.6 is 0 Å². The zero-order chi connectivity index (χ0) is 13.1. The Morgan fingerprint density at radius 1 is 0.941 bits per heavy atom. The van der Waals surface area contributed by atoms with Crippen LogP contribution in [0, 0.1) is 5.41 Å². The third-order valence-corrected chi connectivity index (χ3v) is 3.34. The maximum atomic E-state index is 2.37. The minimum atomic E-state index is 0.302. The molecular weight excluding hydrogens is 204 g/mol. The molecule has 0 unspecified atom stereocenters. The van der Waals surface area contributed by atoms with Crippen LogP contribution in [-0.4, -0.2) is 0 Å². The Morgan fingerprint density at radius 2 is 1.53 bits per heavy atom. The van der Waals surface area contributed by atoms with Crippen molar-refractivity contribution in [2.45, 2.75) is 66.2 Å². The molecule has 0 saturated heterocycles. The predicted octanol–water partition coefficient (Wildman–Crippen LogP) is 5.35. The predicted molar refractivity (Wildman–Crippen MR) is 77.5 cm³/mol. The molecule has 96 valence electrons. The summed E-state index contributed by atoms with van der Waals surface area (Å²) in [7, 11) is 0. The molecule has 0 aliphatic carbocycles. The molecule has 0 heterocycles. The molecule has 0 aliphatic rings. The van der Waals surface area contributed by atoms with E-state index < -0.39 is 0 Å². The van der Waals surface area contributed by atoms with Crippen molar-refractivity contribution < 1.29 is 0 Å².